The van der Waals surface area contributed by atoms with Gasteiger partial charge in [0.25, 0.3) is 0 Å². The van der Waals surface area contributed by atoms with Crippen LogP contribution in [0.5, 0.6) is 0 Å². The Labute approximate surface area is 73.0 Å². The summed E-state index contributed by atoms with van der Waals surface area (Å²) in [7, 11) is 1.30. The molecule has 11 heavy (non-hydrogen) atoms. The van der Waals surface area contributed by atoms with Gasteiger partial charge in [-0.3, -0.25) is 0 Å². The Morgan fingerprint density at radius 2 is 2.36 bits per heavy atom. The zero-order valence-corrected chi connectivity index (χ0v) is 7.62. The number of carbonyl (C=O) groups excluding carboxylic acids is 1. The number of hydrogen-bond donors (Lipinski definition) is 0. The minimum atomic E-state index is -0.487. The lowest BCUT2D eigenvalue weighted by Crippen LogP contribution is -2.01. The number of esters is 1. The first-order chi connectivity index (χ1) is 5.15. The molecule has 60 valence electrons. The second kappa shape index (κ2) is 3.19. The van der Waals surface area contributed by atoms with E-state index in [4.69, 9.17) is 11.6 Å². The number of ether oxygens (including phenoxy) is 1. The SMILES string of the molecule is COC(=O)c1nc(C)sc1Cl. The third-order valence-electron chi connectivity index (χ3n) is 1.07. The second-order valence-electron chi connectivity index (χ2n) is 1.85. The average molecular weight is 192 g/mol. The molecular formula is C6H6ClNO2S. The molecule has 1 aromatic heterocycles. The van der Waals surface area contributed by atoms with E-state index in [9.17, 15) is 4.79 Å². The van der Waals surface area contributed by atoms with Crippen LogP contribution in [0, 0.1) is 6.92 Å². The van der Waals surface area contributed by atoms with Crippen molar-refractivity contribution in [1.82, 2.24) is 4.98 Å². The van der Waals surface area contributed by atoms with Gasteiger partial charge in [0.05, 0.1) is 12.1 Å². The van der Waals surface area contributed by atoms with Gasteiger partial charge < -0.3 is 4.74 Å². The van der Waals surface area contributed by atoms with E-state index in [-0.39, 0.29) is 5.69 Å². The molecule has 0 aliphatic carbocycles. The van der Waals surface area contributed by atoms with Crippen LogP contribution in [0.3, 0.4) is 0 Å². The molecule has 0 aliphatic rings. The summed E-state index contributed by atoms with van der Waals surface area (Å²) >= 11 is 6.94. The van der Waals surface area contributed by atoms with Gasteiger partial charge in [0, 0.05) is 0 Å². The van der Waals surface area contributed by atoms with Crippen LogP contribution in [0.4, 0.5) is 0 Å². The second-order valence-corrected chi connectivity index (χ2v) is 3.65. The number of hydrogen-bond acceptors (Lipinski definition) is 4. The lowest BCUT2D eigenvalue weighted by molar-refractivity contribution is 0.0595. The lowest BCUT2D eigenvalue weighted by atomic mass is 10.5. The van der Waals surface area contributed by atoms with Gasteiger partial charge in [0.1, 0.15) is 4.34 Å². The van der Waals surface area contributed by atoms with Crippen LogP contribution in [-0.2, 0) is 4.74 Å². The Morgan fingerprint density at radius 1 is 1.73 bits per heavy atom. The van der Waals surface area contributed by atoms with E-state index >= 15 is 0 Å². The van der Waals surface area contributed by atoms with Crippen molar-refractivity contribution in [2.75, 3.05) is 7.11 Å². The molecule has 1 aromatic rings. The zero-order chi connectivity index (χ0) is 8.43. The van der Waals surface area contributed by atoms with E-state index in [0.29, 0.717) is 4.34 Å². The Balaban J connectivity index is 3.03. The fraction of sp³-hybridized carbons (Fsp3) is 0.333. The van der Waals surface area contributed by atoms with Gasteiger partial charge in [-0.15, -0.1) is 11.3 Å². The smallest absolute Gasteiger partial charge is 0.359 e. The van der Waals surface area contributed by atoms with Gasteiger partial charge in [0.15, 0.2) is 5.69 Å². The first-order valence-electron chi connectivity index (χ1n) is 2.86. The van der Waals surface area contributed by atoms with Crippen molar-refractivity contribution in [3.8, 4) is 0 Å². The molecule has 5 heteroatoms. The number of aromatic nitrogens is 1. The average Bonchev–Trinajstić information content (AvgIpc) is 2.28. The van der Waals surface area contributed by atoms with Gasteiger partial charge in [-0.25, -0.2) is 9.78 Å². The minimum Gasteiger partial charge on any atom is -0.464 e. The highest BCUT2D eigenvalue weighted by molar-refractivity contribution is 7.16. The van der Waals surface area contributed by atoms with E-state index in [1.165, 1.54) is 18.4 Å². The van der Waals surface area contributed by atoms with Crippen molar-refractivity contribution in [2.24, 2.45) is 0 Å². The van der Waals surface area contributed by atoms with E-state index in [1.807, 2.05) is 0 Å². The molecule has 0 fully saturated rings. The van der Waals surface area contributed by atoms with Crippen LogP contribution in [0.1, 0.15) is 15.5 Å². The number of aryl methyl sites for hydroxylation is 1. The van der Waals surface area contributed by atoms with Crippen molar-refractivity contribution in [2.45, 2.75) is 6.92 Å². The topological polar surface area (TPSA) is 39.2 Å². The molecule has 0 N–H and O–H groups in total. The molecule has 1 heterocycles. The fourth-order valence-corrected chi connectivity index (χ4v) is 1.70. The minimum absolute atomic E-state index is 0.205. The first kappa shape index (κ1) is 8.49. The van der Waals surface area contributed by atoms with E-state index < -0.39 is 5.97 Å². The molecule has 0 aliphatic heterocycles. The summed E-state index contributed by atoms with van der Waals surface area (Å²) in [5, 5.41) is 0.760. The molecule has 3 nitrogen and oxygen atoms in total. The van der Waals surface area contributed by atoms with Crippen LogP contribution >= 0.6 is 22.9 Å². The van der Waals surface area contributed by atoms with Gasteiger partial charge in [0.2, 0.25) is 0 Å². The maximum absolute atomic E-state index is 10.9. The van der Waals surface area contributed by atoms with Gasteiger partial charge in [-0.05, 0) is 6.92 Å². The zero-order valence-electron chi connectivity index (χ0n) is 6.05. The number of halogens is 1. The number of nitrogens with zero attached hydrogens (tertiary/aromatic N) is 1. The predicted octanol–water partition coefficient (Wildman–Crippen LogP) is 1.89. The van der Waals surface area contributed by atoms with Crippen molar-refractivity contribution >= 4 is 28.9 Å². The monoisotopic (exact) mass is 191 g/mol. The Morgan fingerprint density at radius 3 is 2.73 bits per heavy atom. The number of methoxy groups -OCH3 is 1. The first-order valence-corrected chi connectivity index (χ1v) is 4.06. The fourth-order valence-electron chi connectivity index (χ4n) is 0.625. The Bertz CT molecular complexity index is 284. The molecular weight excluding hydrogens is 186 g/mol. The molecule has 0 radical (unpaired) electrons. The van der Waals surface area contributed by atoms with E-state index in [1.54, 1.807) is 6.92 Å². The normalized spacial score (nSPS) is 9.73. The molecule has 1 rings (SSSR count). The van der Waals surface area contributed by atoms with Crippen molar-refractivity contribution in [3.05, 3.63) is 15.0 Å². The standard InChI is InChI=1S/C6H6ClNO2S/c1-3-8-4(5(7)11-3)6(9)10-2/h1-2H3. The quantitative estimate of drug-likeness (QED) is 0.637. The highest BCUT2D eigenvalue weighted by Crippen LogP contribution is 2.23. The highest BCUT2D eigenvalue weighted by atomic mass is 35.5. The van der Waals surface area contributed by atoms with E-state index in [2.05, 4.69) is 9.72 Å². The molecule has 0 amide bonds. The number of thiazole rings is 1. The van der Waals surface area contributed by atoms with Crippen molar-refractivity contribution in [1.29, 1.82) is 0 Å². The summed E-state index contributed by atoms with van der Waals surface area (Å²) in [6.07, 6.45) is 0. The van der Waals surface area contributed by atoms with Crippen molar-refractivity contribution in [3.63, 3.8) is 0 Å². The van der Waals surface area contributed by atoms with Crippen LogP contribution in [0.2, 0.25) is 4.34 Å². The molecule has 0 atom stereocenters. The number of carbonyl (C=O) groups is 1. The molecule has 0 saturated heterocycles. The molecule has 0 unspecified atom stereocenters. The lowest BCUT2D eigenvalue weighted by Gasteiger charge is -1.92. The van der Waals surface area contributed by atoms with Crippen LogP contribution in [0.15, 0.2) is 0 Å². The summed E-state index contributed by atoms with van der Waals surface area (Å²) in [4.78, 5) is 14.8. The van der Waals surface area contributed by atoms with Gasteiger partial charge >= 0.3 is 5.97 Å². The summed E-state index contributed by atoms with van der Waals surface area (Å²) < 4.78 is 4.83. The van der Waals surface area contributed by atoms with Crippen LogP contribution in [-0.4, -0.2) is 18.1 Å². The Kier molecular flexibility index (Phi) is 2.46. The van der Waals surface area contributed by atoms with E-state index in [0.717, 1.165) is 5.01 Å². The van der Waals surface area contributed by atoms with Gasteiger partial charge in [-0.1, -0.05) is 11.6 Å². The maximum Gasteiger partial charge on any atom is 0.359 e. The van der Waals surface area contributed by atoms with Crippen LogP contribution in [0.25, 0.3) is 0 Å². The largest absolute Gasteiger partial charge is 0.464 e. The molecule has 0 bridgehead atoms. The molecule has 0 aromatic carbocycles. The summed E-state index contributed by atoms with van der Waals surface area (Å²) in [6, 6.07) is 0. The van der Waals surface area contributed by atoms with Crippen molar-refractivity contribution < 1.29 is 9.53 Å². The highest BCUT2D eigenvalue weighted by Gasteiger charge is 2.14. The van der Waals surface area contributed by atoms with Gasteiger partial charge in [-0.2, -0.15) is 0 Å². The number of rotatable bonds is 1. The molecule has 0 spiro atoms. The van der Waals surface area contributed by atoms with Crippen LogP contribution < -0.4 is 0 Å². The third-order valence-corrected chi connectivity index (χ3v) is 2.24. The third kappa shape index (κ3) is 1.70. The summed E-state index contributed by atoms with van der Waals surface area (Å²) in [5.74, 6) is -0.487. The maximum atomic E-state index is 10.9. The summed E-state index contributed by atoms with van der Waals surface area (Å²) in [5.41, 5.74) is 0.205. The predicted molar refractivity (Wildman–Crippen MR) is 43.2 cm³/mol. The molecule has 0 saturated carbocycles. The summed E-state index contributed by atoms with van der Waals surface area (Å²) in [6.45, 7) is 1.78. The Hall–Kier alpha value is -0.610.